The van der Waals surface area contributed by atoms with Gasteiger partial charge in [-0.2, -0.15) is 0 Å². The van der Waals surface area contributed by atoms with Crippen LogP contribution in [0, 0.1) is 0 Å². The van der Waals surface area contributed by atoms with E-state index < -0.39 is 18.4 Å². The Kier molecular flexibility index (Phi) is 2.02. The van der Waals surface area contributed by atoms with E-state index in [9.17, 15) is 4.79 Å². The van der Waals surface area contributed by atoms with Gasteiger partial charge in [0.1, 0.15) is 0 Å². The van der Waals surface area contributed by atoms with Gasteiger partial charge in [0.15, 0.2) is 0 Å². The van der Waals surface area contributed by atoms with Crippen molar-refractivity contribution in [3.63, 3.8) is 0 Å². The molecule has 0 unspecified atom stereocenters. The quantitative estimate of drug-likeness (QED) is 0.719. The summed E-state index contributed by atoms with van der Waals surface area (Å²) in [6.45, 7) is 0. The van der Waals surface area contributed by atoms with Gasteiger partial charge in [-0.15, -0.1) is 0 Å². The van der Waals surface area contributed by atoms with E-state index >= 15 is 0 Å². The van der Waals surface area contributed by atoms with Gasteiger partial charge in [-0.1, -0.05) is 0 Å². The standard InChI is InChI=1S/C8H5O.3CH3.Sn/c9-8-5-6-3-1-2-4-7(6)8;;;;/h2-4H,5H2;3*1H3;. The fourth-order valence-corrected chi connectivity index (χ4v) is 5.04. The van der Waals surface area contributed by atoms with Gasteiger partial charge in [0.25, 0.3) is 0 Å². The zero-order valence-corrected chi connectivity index (χ0v) is 11.2. The Hall–Kier alpha value is -0.311. The Morgan fingerprint density at radius 1 is 1.23 bits per heavy atom. The van der Waals surface area contributed by atoms with Crippen molar-refractivity contribution < 1.29 is 4.79 Å². The number of fused-ring (bicyclic) bond motifs is 1. The molecule has 1 aliphatic rings. The molecule has 0 atom stereocenters. The van der Waals surface area contributed by atoms with Crippen LogP contribution < -0.4 is 3.58 Å². The second kappa shape index (κ2) is 2.84. The van der Waals surface area contributed by atoms with E-state index in [1.165, 1.54) is 9.14 Å². The zero-order valence-electron chi connectivity index (χ0n) is 8.35. The van der Waals surface area contributed by atoms with Crippen molar-refractivity contribution in [1.29, 1.82) is 0 Å². The van der Waals surface area contributed by atoms with Crippen LogP contribution in [0.3, 0.4) is 0 Å². The van der Waals surface area contributed by atoms with Gasteiger partial charge in [0, 0.05) is 0 Å². The summed E-state index contributed by atoms with van der Waals surface area (Å²) in [7, 11) is 0. The maximum absolute atomic E-state index is 11.1. The van der Waals surface area contributed by atoms with Crippen LogP contribution in [0.4, 0.5) is 0 Å². The molecule has 68 valence electrons. The van der Waals surface area contributed by atoms with Gasteiger partial charge in [0.05, 0.1) is 0 Å². The number of carbonyl (C=O) groups excluding carboxylic acids is 1. The molecule has 0 radical (unpaired) electrons. The predicted molar refractivity (Wildman–Crippen MR) is 57.5 cm³/mol. The zero-order chi connectivity index (χ0) is 9.64. The normalized spacial score (nSPS) is 15.2. The maximum atomic E-state index is 11.1. The molecule has 0 fully saturated rings. The van der Waals surface area contributed by atoms with Crippen molar-refractivity contribution in [1.82, 2.24) is 0 Å². The van der Waals surface area contributed by atoms with Gasteiger partial charge < -0.3 is 0 Å². The molecule has 0 aliphatic heterocycles. The Bertz CT molecular complexity index is 374. The Morgan fingerprint density at radius 2 is 1.92 bits per heavy atom. The average molecular weight is 281 g/mol. The first kappa shape index (κ1) is 9.25. The third-order valence-electron chi connectivity index (χ3n) is 2.62. The second-order valence-corrected chi connectivity index (χ2v) is 19.2. The minimum absolute atomic E-state index is 0.311. The first-order chi connectivity index (χ1) is 5.98. The summed E-state index contributed by atoms with van der Waals surface area (Å²) in [5.41, 5.74) is 2.23. The van der Waals surface area contributed by atoms with Gasteiger partial charge in [-0.25, -0.2) is 0 Å². The number of hydrogen-bond acceptors (Lipinski definition) is 1. The summed E-state index contributed by atoms with van der Waals surface area (Å²) in [5, 5.41) is 0. The van der Waals surface area contributed by atoms with Gasteiger partial charge in [-0.05, 0) is 0 Å². The second-order valence-electron chi connectivity index (χ2n) is 4.72. The van der Waals surface area contributed by atoms with Crippen molar-refractivity contribution in [2.24, 2.45) is 0 Å². The van der Waals surface area contributed by atoms with Gasteiger partial charge >= 0.3 is 83.1 Å². The van der Waals surface area contributed by atoms with Crippen LogP contribution in [0.25, 0.3) is 0 Å². The molecule has 0 amide bonds. The fourth-order valence-electron chi connectivity index (χ4n) is 1.64. The number of hydrogen-bond donors (Lipinski definition) is 0. The van der Waals surface area contributed by atoms with Crippen LogP contribution in [0.2, 0.25) is 14.8 Å². The monoisotopic (exact) mass is 282 g/mol. The Labute approximate surface area is 83.0 Å². The number of Topliss-reactive ketones (excluding diaryl/α,β-unsaturated/α-hetero) is 1. The summed E-state index contributed by atoms with van der Waals surface area (Å²) in [4.78, 5) is 18.3. The van der Waals surface area contributed by atoms with E-state index in [1.807, 2.05) is 6.07 Å². The topological polar surface area (TPSA) is 17.1 Å². The molecular weight excluding hydrogens is 267 g/mol. The molecule has 0 heterocycles. The van der Waals surface area contributed by atoms with Gasteiger partial charge in [0.2, 0.25) is 0 Å². The van der Waals surface area contributed by atoms with E-state index in [-0.39, 0.29) is 0 Å². The van der Waals surface area contributed by atoms with Gasteiger partial charge in [-0.3, -0.25) is 0 Å². The minimum atomic E-state index is -1.89. The predicted octanol–water partition coefficient (Wildman–Crippen LogP) is 1.97. The molecule has 2 rings (SSSR count). The van der Waals surface area contributed by atoms with Crippen molar-refractivity contribution in [2.75, 3.05) is 0 Å². The average Bonchev–Trinajstić information content (AvgIpc) is 2.00. The molecule has 1 aromatic carbocycles. The summed E-state index contributed by atoms with van der Waals surface area (Å²) < 4.78 is 1.53. The van der Waals surface area contributed by atoms with Crippen LogP contribution >= 0.6 is 0 Å². The molecule has 0 spiro atoms. The number of rotatable bonds is 1. The molecule has 1 aromatic rings. The summed E-state index contributed by atoms with van der Waals surface area (Å²) in [6.07, 6.45) is 0.672. The van der Waals surface area contributed by atoms with E-state index in [4.69, 9.17) is 0 Å². The molecule has 2 heteroatoms. The SMILES string of the molecule is [CH3][Sn]([CH3])([CH3])[c]1ccc2c(c1)CC2=O. The van der Waals surface area contributed by atoms with Crippen molar-refractivity contribution in [2.45, 2.75) is 21.2 Å². The van der Waals surface area contributed by atoms with Crippen LogP contribution in [-0.2, 0) is 6.42 Å². The molecule has 0 N–H and O–H groups in total. The third-order valence-corrected chi connectivity index (χ3v) is 8.45. The van der Waals surface area contributed by atoms with Crippen LogP contribution in [0.1, 0.15) is 15.9 Å². The molecule has 0 saturated carbocycles. The first-order valence-corrected chi connectivity index (χ1v) is 14.6. The van der Waals surface area contributed by atoms with E-state index in [1.54, 1.807) is 0 Å². The molecule has 13 heavy (non-hydrogen) atoms. The van der Waals surface area contributed by atoms with Crippen molar-refractivity contribution in [3.05, 3.63) is 29.3 Å². The Morgan fingerprint density at radius 3 is 2.38 bits per heavy atom. The third kappa shape index (κ3) is 1.54. The molecule has 1 nitrogen and oxygen atoms in total. The fraction of sp³-hybridized carbons (Fsp3) is 0.364. The summed E-state index contributed by atoms with van der Waals surface area (Å²) >= 11 is -1.89. The molecule has 0 aromatic heterocycles. The summed E-state index contributed by atoms with van der Waals surface area (Å²) in [5.74, 6) is 0.311. The molecule has 1 aliphatic carbocycles. The van der Waals surface area contributed by atoms with Crippen LogP contribution in [-0.4, -0.2) is 24.2 Å². The molecule has 0 bridgehead atoms. The molecular formula is C11H14OSn. The number of benzene rings is 1. The Balaban J connectivity index is 2.44. The van der Waals surface area contributed by atoms with E-state index in [0.29, 0.717) is 12.2 Å². The van der Waals surface area contributed by atoms with Crippen LogP contribution in [0.5, 0.6) is 0 Å². The number of carbonyl (C=O) groups is 1. The first-order valence-electron chi connectivity index (χ1n) is 4.65. The van der Waals surface area contributed by atoms with Crippen LogP contribution in [0.15, 0.2) is 18.2 Å². The molecule has 0 saturated heterocycles. The van der Waals surface area contributed by atoms with E-state index in [0.717, 1.165) is 5.56 Å². The number of ketones is 1. The van der Waals surface area contributed by atoms with Crippen molar-refractivity contribution >= 4 is 27.7 Å². The van der Waals surface area contributed by atoms with Crippen molar-refractivity contribution in [3.8, 4) is 0 Å². The summed E-state index contributed by atoms with van der Waals surface area (Å²) in [6, 6.07) is 6.43. The van der Waals surface area contributed by atoms with E-state index in [2.05, 4.69) is 27.0 Å².